The smallest absolute Gasteiger partial charge is 0.412 e. The second kappa shape index (κ2) is 8.68. The number of hydrogen-bond acceptors (Lipinski definition) is 7. The minimum Gasteiger partial charge on any atom is -0.496 e. The summed E-state index contributed by atoms with van der Waals surface area (Å²) < 4.78 is 11.0. The number of aromatic nitrogens is 2. The van der Waals surface area contributed by atoms with Gasteiger partial charge in [-0.1, -0.05) is 0 Å². The number of thiocarbonyl (C=S) groups is 1. The molecule has 0 saturated heterocycles. The van der Waals surface area contributed by atoms with E-state index in [4.69, 9.17) is 21.7 Å². The Morgan fingerprint density at radius 1 is 1.38 bits per heavy atom. The summed E-state index contributed by atoms with van der Waals surface area (Å²) in [6.45, 7) is 5.62. The Kier molecular flexibility index (Phi) is 6.25. The number of hydrogen-bond donors (Lipinski definition) is 1. The Balaban J connectivity index is 2.02. The van der Waals surface area contributed by atoms with Crippen LogP contribution in [0.1, 0.15) is 50.8 Å². The van der Waals surface area contributed by atoms with Gasteiger partial charge in [0.15, 0.2) is 0 Å². The molecular weight excluding hydrogens is 388 g/mol. The minimum absolute atomic E-state index is 0.200. The van der Waals surface area contributed by atoms with Crippen LogP contribution in [0.25, 0.3) is 11.3 Å². The number of methoxy groups -OCH3 is 1. The number of rotatable bonds is 6. The summed E-state index contributed by atoms with van der Waals surface area (Å²) in [5, 5.41) is 5.14. The first-order valence-electron chi connectivity index (χ1n) is 9.38. The van der Waals surface area contributed by atoms with Crippen LogP contribution in [0, 0.1) is 0 Å². The number of carbonyl (C=O) groups is 1. The molecule has 7 nitrogen and oxygen atoms in total. The zero-order valence-electron chi connectivity index (χ0n) is 17.0. The van der Waals surface area contributed by atoms with E-state index in [1.165, 1.54) is 0 Å². The van der Waals surface area contributed by atoms with Gasteiger partial charge in [-0.2, -0.15) is 0 Å². The molecule has 0 aromatic carbocycles. The van der Waals surface area contributed by atoms with Gasteiger partial charge in [0.2, 0.25) is 0 Å². The average Bonchev–Trinajstić information content (AvgIpc) is 3.50. The van der Waals surface area contributed by atoms with Gasteiger partial charge >= 0.3 is 6.09 Å². The first-order chi connectivity index (χ1) is 13.8. The van der Waals surface area contributed by atoms with Crippen molar-refractivity contribution in [3.05, 3.63) is 35.8 Å². The lowest BCUT2D eigenvalue weighted by molar-refractivity contribution is 0.0636. The van der Waals surface area contributed by atoms with Crippen molar-refractivity contribution < 1.29 is 14.3 Å². The van der Waals surface area contributed by atoms with E-state index in [2.05, 4.69) is 25.4 Å². The van der Waals surface area contributed by atoms with E-state index in [1.807, 2.05) is 6.07 Å². The predicted molar refractivity (Wildman–Crippen MR) is 115 cm³/mol. The summed E-state index contributed by atoms with van der Waals surface area (Å²) in [4.78, 5) is 25.4. The van der Waals surface area contributed by atoms with Crippen LogP contribution < -0.4 is 10.1 Å². The van der Waals surface area contributed by atoms with E-state index in [0.29, 0.717) is 28.6 Å². The Morgan fingerprint density at radius 3 is 2.76 bits per heavy atom. The van der Waals surface area contributed by atoms with Crippen molar-refractivity contribution in [1.82, 2.24) is 9.97 Å². The van der Waals surface area contributed by atoms with Crippen molar-refractivity contribution in [3.63, 3.8) is 0 Å². The molecule has 0 spiro atoms. The number of nitrogens with zero attached hydrogens (tertiary/aromatic N) is 3. The summed E-state index contributed by atoms with van der Waals surface area (Å²) in [5.41, 5.74) is 2.95. The van der Waals surface area contributed by atoms with Crippen molar-refractivity contribution in [3.8, 4) is 17.0 Å². The highest BCUT2D eigenvalue weighted by Gasteiger charge is 2.27. The molecule has 0 radical (unpaired) electrons. The molecule has 1 amide bonds. The third-order valence-corrected chi connectivity index (χ3v) is 4.48. The molecule has 1 aliphatic carbocycles. The zero-order chi connectivity index (χ0) is 21.0. The quantitative estimate of drug-likeness (QED) is 0.532. The van der Waals surface area contributed by atoms with Gasteiger partial charge < -0.3 is 9.47 Å². The maximum Gasteiger partial charge on any atom is 0.412 e. The van der Waals surface area contributed by atoms with E-state index < -0.39 is 11.7 Å². The minimum atomic E-state index is -0.613. The normalized spacial score (nSPS) is 13.4. The molecule has 1 saturated carbocycles. The number of anilines is 1. The van der Waals surface area contributed by atoms with E-state index in [9.17, 15) is 4.79 Å². The molecule has 1 fully saturated rings. The largest absolute Gasteiger partial charge is 0.496 e. The van der Waals surface area contributed by atoms with Gasteiger partial charge in [-0.3, -0.25) is 15.3 Å². The summed E-state index contributed by atoms with van der Waals surface area (Å²) in [7, 11) is 1.62. The van der Waals surface area contributed by atoms with Gasteiger partial charge in [-0.05, 0) is 51.9 Å². The molecule has 0 aliphatic heterocycles. The SMILES string of the molecule is COc1cc(C2CC2)ncc1-c1nccc(NC(=O)OC(C)(C)C)c1CN=C=S. The van der Waals surface area contributed by atoms with Crippen LogP contribution in [0.4, 0.5) is 10.5 Å². The van der Waals surface area contributed by atoms with Crippen LogP contribution in [-0.4, -0.2) is 33.9 Å². The zero-order valence-corrected chi connectivity index (χ0v) is 17.8. The summed E-state index contributed by atoms with van der Waals surface area (Å²) >= 11 is 4.73. The van der Waals surface area contributed by atoms with Gasteiger partial charge in [0.1, 0.15) is 11.4 Å². The van der Waals surface area contributed by atoms with Crippen molar-refractivity contribution in [1.29, 1.82) is 0 Å². The molecule has 1 N–H and O–H groups in total. The monoisotopic (exact) mass is 412 g/mol. The fraction of sp³-hybridized carbons (Fsp3) is 0.429. The van der Waals surface area contributed by atoms with Gasteiger partial charge in [0.25, 0.3) is 0 Å². The highest BCUT2D eigenvalue weighted by atomic mass is 32.1. The number of carbonyl (C=O) groups excluding carboxylic acids is 1. The number of nitrogens with one attached hydrogen (secondary N) is 1. The van der Waals surface area contributed by atoms with Crippen LogP contribution in [0.2, 0.25) is 0 Å². The average molecular weight is 413 g/mol. The lowest BCUT2D eigenvalue weighted by atomic mass is 10.0. The number of amides is 1. The van der Waals surface area contributed by atoms with Gasteiger partial charge in [-0.25, -0.2) is 9.79 Å². The molecule has 152 valence electrons. The van der Waals surface area contributed by atoms with Gasteiger partial charge in [-0.15, -0.1) is 0 Å². The summed E-state index contributed by atoms with van der Waals surface area (Å²) in [5.74, 6) is 1.18. The van der Waals surface area contributed by atoms with Crippen molar-refractivity contribution in [2.75, 3.05) is 12.4 Å². The third-order valence-electron chi connectivity index (χ3n) is 4.35. The molecule has 8 heteroatoms. The maximum absolute atomic E-state index is 12.3. The Morgan fingerprint density at radius 2 is 2.14 bits per heavy atom. The number of ether oxygens (including phenoxy) is 2. The van der Waals surface area contributed by atoms with Crippen LogP contribution in [0.15, 0.2) is 29.5 Å². The molecular formula is C21H24N4O3S. The van der Waals surface area contributed by atoms with Crippen LogP contribution >= 0.6 is 12.2 Å². The fourth-order valence-electron chi connectivity index (χ4n) is 2.93. The fourth-order valence-corrected chi connectivity index (χ4v) is 2.99. The molecule has 2 heterocycles. The molecule has 0 bridgehead atoms. The molecule has 2 aromatic rings. The van der Waals surface area contributed by atoms with E-state index in [-0.39, 0.29) is 6.54 Å². The van der Waals surface area contributed by atoms with Gasteiger partial charge in [0, 0.05) is 35.6 Å². The Bertz CT molecular complexity index is 961. The number of aliphatic imine (C=N–C) groups is 1. The lowest BCUT2D eigenvalue weighted by Gasteiger charge is -2.21. The van der Waals surface area contributed by atoms with Crippen molar-refractivity contribution >= 4 is 29.2 Å². The standard InChI is InChI=1S/C21H24N4O3S/c1-21(2,3)28-20(26)25-16-7-8-23-19(14(16)10-22-12-29)15-11-24-17(13-5-6-13)9-18(15)27-4/h7-9,11,13H,5-6,10H2,1-4H3,(H,23,25,26). The number of pyridine rings is 2. The molecule has 2 aromatic heterocycles. The Hall–Kier alpha value is -2.83. The molecule has 0 atom stereocenters. The van der Waals surface area contributed by atoms with Crippen LogP contribution in [-0.2, 0) is 11.3 Å². The summed E-state index contributed by atoms with van der Waals surface area (Å²) in [6.07, 6.45) is 5.11. The van der Waals surface area contributed by atoms with Crippen molar-refractivity contribution in [2.45, 2.75) is 51.7 Å². The molecule has 1 aliphatic rings. The maximum atomic E-state index is 12.3. The third kappa shape index (κ3) is 5.37. The first-order valence-corrected chi connectivity index (χ1v) is 9.79. The predicted octanol–water partition coefficient (Wildman–Crippen LogP) is 4.98. The highest BCUT2D eigenvalue weighted by Crippen LogP contribution is 2.42. The Labute approximate surface area is 175 Å². The second-order valence-corrected chi connectivity index (χ2v) is 7.99. The van der Waals surface area contributed by atoms with Gasteiger partial charge in [0.05, 0.1) is 35.8 Å². The summed E-state index contributed by atoms with van der Waals surface area (Å²) in [6, 6.07) is 3.65. The topological polar surface area (TPSA) is 85.7 Å². The second-order valence-electron chi connectivity index (χ2n) is 7.80. The molecule has 0 unspecified atom stereocenters. The van der Waals surface area contributed by atoms with Crippen LogP contribution in [0.3, 0.4) is 0 Å². The van der Waals surface area contributed by atoms with E-state index in [1.54, 1.807) is 46.3 Å². The first kappa shape index (κ1) is 20.9. The number of isothiocyanates is 1. The molecule has 29 heavy (non-hydrogen) atoms. The van der Waals surface area contributed by atoms with Crippen molar-refractivity contribution in [2.24, 2.45) is 4.99 Å². The van der Waals surface area contributed by atoms with Crippen LogP contribution in [0.5, 0.6) is 5.75 Å². The van der Waals surface area contributed by atoms with E-state index in [0.717, 1.165) is 24.1 Å². The molecule has 3 rings (SSSR count). The highest BCUT2D eigenvalue weighted by molar-refractivity contribution is 7.78. The lowest BCUT2D eigenvalue weighted by Crippen LogP contribution is -2.27. The van der Waals surface area contributed by atoms with E-state index >= 15 is 0 Å².